The quantitative estimate of drug-likeness (QED) is 0.0267. The van der Waals surface area contributed by atoms with Crippen LogP contribution in [0.3, 0.4) is 0 Å². The van der Waals surface area contributed by atoms with Crippen LogP contribution in [0, 0.1) is 0 Å². The minimum absolute atomic E-state index is 0.111. The summed E-state index contributed by atoms with van der Waals surface area (Å²) in [4.78, 5) is 12.9. The Bertz CT molecular complexity index is 1080. The summed E-state index contributed by atoms with van der Waals surface area (Å²) in [6, 6.07) is 0. The zero-order chi connectivity index (χ0) is 48.5. The number of aliphatic hydroxyl groups excluding tert-OH is 4. The van der Waals surface area contributed by atoms with Crippen molar-refractivity contribution in [2.45, 2.75) is 314 Å². The lowest BCUT2D eigenvalue weighted by molar-refractivity contribution is -0.305. The number of rotatable bonds is 51. The molecule has 1 aliphatic heterocycles. The third-order valence-electron chi connectivity index (χ3n) is 13.6. The van der Waals surface area contributed by atoms with Crippen LogP contribution >= 0.6 is 0 Å². The summed E-state index contributed by atoms with van der Waals surface area (Å²) in [5.74, 6) is -0.313. The molecular weight excluding hydrogens is 841 g/mol. The fourth-order valence-corrected chi connectivity index (χ4v) is 9.07. The molecule has 9 nitrogen and oxygen atoms in total. The maximum absolute atomic E-state index is 12.9. The summed E-state index contributed by atoms with van der Waals surface area (Å²) in [7, 11) is 0. The molecule has 6 unspecified atom stereocenters. The number of aliphatic hydroxyl groups is 4. The lowest BCUT2D eigenvalue weighted by atomic mass is 9.99. The van der Waals surface area contributed by atoms with Crippen molar-refractivity contribution >= 4 is 5.97 Å². The first-order chi connectivity index (χ1) is 32.9. The van der Waals surface area contributed by atoms with Gasteiger partial charge < -0.3 is 39.4 Å². The van der Waals surface area contributed by atoms with E-state index < -0.39 is 43.4 Å². The van der Waals surface area contributed by atoms with Gasteiger partial charge in [0, 0.05) is 13.0 Å². The summed E-state index contributed by atoms with van der Waals surface area (Å²) >= 11 is 0. The molecule has 1 rings (SSSR count). The van der Waals surface area contributed by atoms with Crippen LogP contribution in [0.2, 0.25) is 0 Å². The van der Waals surface area contributed by atoms with Crippen LogP contribution in [0.5, 0.6) is 0 Å². The highest BCUT2D eigenvalue weighted by Gasteiger charge is 2.44. The number of hydrogen-bond acceptors (Lipinski definition) is 9. The molecule has 1 heterocycles. The smallest absolute Gasteiger partial charge is 0.306 e. The molecule has 0 radical (unpaired) electrons. The second-order valence-electron chi connectivity index (χ2n) is 20.1. The van der Waals surface area contributed by atoms with Crippen LogP contribution in [-0.4, -0.2) is 89.6 Å². The van der Waals surface area contributed by atoms with Gasteiger partial charge in [0.25, 0.3) is 0 Å². The van der Waals surface area contributed by atoms with Crippen LogP contribution < -0.4 is 0 Å². The van der Waals surface area contributed by atoms with Gasteiger partial charge in [0.2, 0.25) is 0 Å². The van der Waals surface area contributed by atoms with Crippen LogP contribution in [0.25, 0.3) is 0 Å². The Balaban J connectivity index is 2.13. The van der Waals surface area contributed by atoms with E-state index in [4.69, 9.17) is 18.9 Å². The first-order valence-electron chi connectivity index (χ1n) is 28.9. The van der Waals surface area contributed by atoms with Crippen molar-refractivity contribution in [1.29, 1.82) is 0 Å². The van der Waals surface area contributed by atoms with E-state index in [1.54, 1.807) is 0 Å². The van der Waals surface area contributed by atoms with E-state index in [0.717, 1.165) is 32.1 Å². The molecule has 1 aliphatic rings. The van der Waals surface area contributed by atoms with Gasteiger partial charge in [-0.3, -0.25) is 4.79 Å². The van der Waals surface area contributed by atoms with Gasteiger partial charge in [-0.2, -0.15) is 0 Å². The second kappa shape index (κ2) is 49.6. The zero-order valence-corrected chi connectivity index (χ0v) is 43.9. The van der Waals surface area contributed by atoms with E-state index in [2.05, 4.69) is 38.2 Å². The minimum atomic E-state index is -1.54. The average Bonchev–Trinajstić information content (AvgIpc) is 3.33. The molecule has 67 heavy (non-hydrogen) atoms. The molecule has 1 fully saturated rings. The Hall–Kier alpha value is -1.33. The molecule has 0 aromatic heterocycles. The lowest BCUT2D eigenvalue weighted by Crippen LogP contribution is -2.59. The first kappa shape index (κ1) is 63.7. The fraction of sp³-hybridized carbons (Fsp3) is 0.914. The average molecular weight is 952 g/mol. The SMILES string of the molecule is CCCCCCCCC/C=C\CCCCCCCCCC(=O)OC(COCCCCCCCCCCCCCCCC/C=C\CCCCCCCCCC)COC1OC(CO)C(O)C(O)C1O. The van der Waals surface area contributed by atoms with E-state index in [0.29, 0.717) is 13.0 Å². The number of unbranched alkanes of at least 4 members (excludes halogenated alkanes) is 36. The molecule has 0 spiro atoms. The molecule has 9 heteroatoms. The van der Waals surface area contributed by atoms with Gasteiger partial charge in [0.1, 0.15) is 30.5 Å². The molecule has 396 valence electrons. The summed E-state index contributed by atoms with van der Waals surface area (Å²) in [6.07, 6.45) is 53.7. The summed E-state index contributed by atoms with van der Waals surface area (Å²) in [5.41, 5.74) is 0. The van der Waals surface area contributed by atoms with E-state index in [-0.39, 0.29) is 19.2 Å². The molecule has 0 aliphatic carbocycles. The number of ether oxygens (including phenoxy) is 4. The highest BCUT2D eigenvalue weighted by atomic mass is 16.7. The summed E-state index contributed by atoms with van der Waals surface area (Å²) in [5, 5.41) is 40.3. The van der Waals surface area contributed by atoms with Crippen molar-refractivity contribution in [2.24, 2.45) is 0 Å². The maximum Gasteiger partial charge on any atom is 0.306 e. The van der Waals surface area contributed by atoms with Crippen molar-refractivity contribution in [3.05, 3.63) is 24.3 Å². The van der Waals surface area contributed by atoms with Crippen molar-refractivity contribution in [1.82, 2.24) is 0 Å². The molecule has 0 aromatic rings. The van der Waals surface area contributed by atoms with Gasteiger partial charge in [-0.15, -0.1) is 0 Å². The van der Waals surface area contributed by atoms with Crippen molar-refractivity contribution < 1.29 is 44.2 Å². The Morgan fingerprint density at radius 3 is 1.21 bits per heavy atom. The van der Waals surface area contributed by atoms with Gasteiger partial charge in [-0.05, 0) is 64.2 Å². The monoisotopic (exact) mass is 951 g/mol. The molecule has 6 atom stereocenters. The van der Waals surface area contributed by atoms with Crippen molar-refractivity contribution in [3.63, 3.8) is 0 Å². The number of allylic oxidation sites excluding steroid dienone is 4. The number of hydrogen-bond donors (Lipinski definition) is 4. The largest absolute Gasteiger partial charge is 0.457 e. The van der Waals surface area contributed by atoms with Crippen LogP contribution in [0.1, 0.15) is 277 Å². The van der Waals surface area contributed by atoms with E-state index in [9.17, 15) is 25.2 Å². The molecule has 0 saturated carbocycles. The summed E-state index contributed by atoms with van der Waals surface area (Å²) in [6.45, 7) is 4.60. The van der Waals surface area contributed by atoms with Crippen LogP contribution in [0.4, 0.5) is 0 Å². The maximum atomic E-state index is 12.9. The Kier molecular flexibility index (Phi) is 47.2. The van der Waals surface area contributed by atoms with E-state index in [1.165, 1.54) is 225 Å². The van der Waals surface area contributed by atoms with Gasteiger partial charge in [-0.25, -0.2) is 0 Å². The van der Waals surface area contributed by atoms with Crippen LogP contribution in [0.15, 0.2) is 24.3 Å². The Morgan fingerprint density at radius 2 is 0.821 bits per heavy atom. The van der Waals surface area contributed by atoms with Gasteiger partial charge in [0.05, 0.1) is 19.8 Å². The molecular formula is C58H110O9. The van der Waals surface area contributed by atoms with E-state index >= 15 is 0 Å². The number of carbonyl (C=O) groups excluding carboxylic acids is 1. The molecule has 0 aromatic carbocycles. The molecule has 0 amide bonds. The summed E-state index contributed by atoms with van der Waals surface area (Å²) < 4.78 is 23.0. The molecule has 0 bridgehead atoms. The normalized spacial score (nSPS) is 19.3. The minimum Gasteiger partial charge on any atom is -0.457 e. The third kappa shape index (κ3) is 40.0. The molecule has 1 saturated heterocycles. The standard InChI is InChI=1S/C58H110O9/c1-3-5-7-9-11-13-15-17-19-21-23-24-25-26-27-28-29-30-32-34-36-38-40-42-44-46-48-64-50-52(51-65-58-57(63)56(62)55(61)53(49-59)67-58)66-54(60)47-45-43-41-39-37-35-33-31-22-20-18-16-14-12-10-8-6-4-2/h20-23,52-53,55-59,61-63H,3-19,24-51H2,1-2H3/b22-20-,23-21-. The second-order valence-corrected chi connectivity index (χ2v) is 20.1. The highest BCUT2D eigenvalue weighted by molar-refractivity contribution is 5.69. The van der Waals surface area contributed by atoms with Crippen molar-refractivity contribution in [2.75, 3.05) is 26.4 Å². The van der Waals surface area contributed by atoms with Gasteiger partial charge >= 0.3 is 5.97 Å². The van der Waals surface area contributed by atoms with Crippen LogP contribution in [-0.2, 0) is 23.7 Å². The van der Waals surface area contributed by atoms with Gasteiger partial charge in [-0.1, -0.05) is 231 Å². The highest BCUT2D eigenvalue weighted by Crippen LogP contribution is 2.23. The Morgan fingerprint density at radius 1 is 0.463 bits per heavy atom. The molecule has 4 N–H and O–H groups in total. The zero-order valence-electron chi connectivity index (χ0n) is 43.9. The van der Waals surface area contributed by atoms with E-state index in [1.807, 2.05) is 0 Å². The van der Waals surface area contributed by atoms with Crippen molar-refractivity contribution in [3.8, 4) is 0 Å². The topological polar surface area (TPSA) is 135 Å². The predicted octanol–water partition coefficient (Wildman–Crippen LogP) is 14.9. The third-order valence-corrected chi connectivity index (χ3v) is 13.6. The number of esters is 1. The van der Waals surface area contributed by atoms with Gasteiger partial charge in [0.15, 0.2) is 6.29 Å². The predicted molar refractivity (Wildman–Crippen MR) is 279 cm³/mol. The lowest BCUT2D eigenvalue weighted by Gasteiger charge is -2.39. The number of carbonyl (C=O) groups is 1. The first-order valence-corrected chi connectivity index (χ1v) is 28.9. The fourth-order valence-electron chi connectivity index (χ4n) is 9.07. The Labute approximate surface area is 413 Å².